The standard InChI is InChI=1S/C24H19F4N5O3/c1-29-22(35)20-15-5-4-13(9-19(15)32-33-20)14-8-16(23(36-2)31-11-14)21(34)30-10-12-3-6-18(25)17(7-12)24(26,27)28/h3-9,11H,10H2,1-2H3,(H,29,35)(H,30,34)(H,32,33). The van der Waals surface area contributed by atoms with Crippen molar-refractivity contribution in [2.45, 2.75) is 12.7 Å². The Bertz CT molecular complexity index is 1470. The lowest BCUT2D eigenvalue weighted by Gasteiger charge is -2.12. The van der Waals surface area contributed by atoms with Crippen molar-refractivity contribution >= 4 is 22.7 Å². The van der Waals surface area contributed by atoms with Gasteiger partial charge in [0.05, 0.1) is 18.2 Å². The molecule has 0 saturated carbocycles. The number of amides is 2. The van der Waals surface area contributed by atoms with Gasteiger partial charge in [-0.1, -0.05) is 12.1 Å². The fourth-order valence-corrected chi connectivity index (χ4v) is 3.60. The lowest BCUT2D eigenvalue weighted by atomic mass is 10.0. The van der Waals surface area contributed by atoms with Gasteiger partial charge in [-0.25, -0.2) is 9.37 Å². The number of benzene rings is 2. The Labute approximate surface area is 201 Å². The van der Waals surface area contributed by atoms with E-state index in [0.29, 0.717) is 34.2 Å². The van der Waals surface area contributed by atoms with Gasteiger partial charge in [0.25, 0.3) is 11.8 Å². The summed E-state index contributed by atoms with van der Waals surface area (Å²) in [5.74, 6) is -2.38. The van der Waals surface area contributed by atoms with Crippen LogP contribution in [0.2, 0.25) is 0 Å². The van der Waals surface area contributed by atoms with E-state index < -0.39 is 23.5 Å². The van der Waals surface area contributed by atoms with Gasteiger partial charge in [0.1, 0.15) is 11.4 Å². The van der Waals surface area contributed by atoms with E-state index in [4.69, 9.17) is 4.74 Å². The molecule has 4 aromatic rings. The van der Waals surface area contributed by atoms with Gasteiger partial charge < -0.3 is 15.4 Å². The predicted octanol–water partition coefficient (Wildman–Crippen LogP) is 4.08. The number of H-pyrrole nitrogens is 1. The Morgan fingerprint density at radius 1 is 1.06 bits per heavy atom. The van der Waals surface area contributed by atoms with E-state index in [9.17, 15) is 27.2 Å². The number of nitrogens with zero attached hydrogens (tertiary/aromatic N) is 2. The summed E-state index contributed by atoms with van der Waals surface area (Å²) >= 11 is 0. The summed E-state index contributed by atoms with van der Waals surface area (Å²) in [6.45, 7) is -0.280. The first-order valence-corrected chi connectivity index (χ1v) is 10.5. The maximum Gasteiger partial charge on any atom is 0.419 e. The molecule has 0 radical (unpaired) electrons. The molecule has 0 spiro atoms. The van der Waals surface area contributed by atoms with Crippen molar-refractivity contribution in [3.05, 3.63) is 76.9 Å². The van der Waals surface area contributed by atoms with E-state index in [0.717, 1.165) is 6.07 Å². The quantitative estimate of drug-likeness (QED) is 0.345. The minimum Gasteiger partial charge on any atom is -0.480 e. The van der Waals surface area contributed by atoms with Crippen LogP contribution < -0.4 is 15.4 Å². The van der Waals surface area contributed by atoms with Crippen molar-refractivity contribution in [3.8, 4) is 17.0 Å². The molecule has 4 rings (SSSR count). The summed E-state index contributed by atoms with van der Waals surface area (Å²) in [4.78, 5) is 29.0. The van der Waals surface area contributed by atoms with Crippen molar-refractivity contribution in [2.24, 2.45) is 0 Å². The highest BCUT2D eigenvalue weighted by Crippen LogP contribution is 2.32. The first-order chi connectivity index (χ1) is 17.1. The SMILES string of the molecule is CNC(=O)c1n[nH]c2cc(-c3cnc(OC)c(C(=O)NCc4ccc(F)c(C(F)(F)F)c4)c3)ccc12. The van der Waals surface area contributed by atoms with E-state index in [1.165, 1.54) is 26.4 Å². The minimum atomic E-state index is -4.86. The molecule has 0 aliphatic rings. The third-order valence-corrected chi connectivity index (χ3v) is 5.42. The number of pyridine rings is 1. The molecular formula is C24H19F4N5O3. The molecule has 2 aromatic heterocycles. The fraction of sp³-hybridized carbons (Fsp3) is 0.167. The highest BCUT2D eigenvalue weighted by atomic mass is 19.4. The van der Waals surface area contributed by atoms with Crippen LogP contribution in [0.4, 0.5) is 17.6 Å². The first kappa shape index (κ1) is 24.6. The minimum absolute atomic E-state index is 0.0101. The number of nitrogens with one attached hydrogen (secondary N) is 3. The molecule has 12 heteroatoms. The Hall–Kier alpha value is -4.48. The zero-order valence-corrected chi connectivity index (χ0v) is 19.0. The Morgan fingerprint density at radius 3 is 2.53 bits per heavy atom. The molecule has 8 nitrogen and oxygen atoms in total. The number of carbonyl (C=O) groups is 2. The largest absolute Gasteiger partial charge is 0.480 e. The van der Waals surface area contributed by atoms with Crippen LogP contribution in [0.3, 0.4) is 0 Å². The number of carbonyl (C=O) groups excluding carboxylic acids is 2. The number of hydrogen-bond donors (Lipinski definition) is 3. The Balaban J connectivity index is 1.60. The molecule has 0 aliphatic carbocycles. The van der Waals surface area contributed by atoms with E-state index in [2.05, 4.69) is 25.8 Å². The van der Waals surface area contributed by atoms with Crippen molar-refractivity contribution in [3.63, 3.8) is 0 Å². The summed E-state index contributed by atoms with van der Waals surface area (Å²) in [6.07, 6.45) is -3.37. The Kier molecular flexibility index (Phi) is 6.60. The number of aromatic amines is 1. The van der Waals surface area contributed by atoms with E-state index >= 15 is 0 Å². The summed E-state index contributed by atoms with van der Waals surface area (Å²) in [6, 6.07) is 9.19. The summed E-state index contributed by atoms with van der Waals surface area (Å²) < 4.78 is 57.6. The molecule has 0 saturated heterocycles. The third-order valence-electron chi connectivity index (χ3n) is 5.42. The fourth-order valence-electron chi connectivity index (χ4n) is 3.60. The maximum atomic E-state index is 13.5. The van der Waals surface area contributed by atoms with Gasteiger partial charge in [0.15, 0.2) is 5.69 Å². The van der Waals surface area contributed by atoms with Crippen molar-refractivity contribution in [1.82, 2.24) is 25.8 Å². The normalized spacial score (nSPS) is 11.4. The number of halogens is 4. The molecular weight excluding hydrogens is 482 g/mol. The number of methoxy groups -OCH3 is 1. The van der Waals surface area contributed by atoms with Crippen LogP contribution in [0.25, 0.3) is 22.0 Å². The molecule has 2 heterocycles. The van der Waals surface area contributed by atoms with Gasteiger partial charge >= 0.3 is 6.18 Å². The molecule has 186 valence electrons. The molecule has 2 aromatic carbocycles. The number of alkyl halides is 3. The second kappa shape index (κ2) is 9.64. The third kappa shape index (κ3) is 4.83. The van der Waals surface area contributed by atoms with Gasteiger partial charge in [0.2, 0.25) is 5.88 Å². The van der Waals surface area contributed by atoms with Crippen molar-refractivity contribution < 1.29 is 31.9 Å². The molecule has 3 N–H and O–H groups in total. The lowest BCUT2D eigenvalue weighted by Crippen LogP contribution is -2.24. The summed E-state index contributed by atoms with van der Waals surface area (Å²) in [5.41, 5.74) is 0.725. The van der Waals surface area contributed by atoms with Crippen LogP contribution in [0.1, 0.15) is 32.0 Å². The maximum absolute atomic E-state index is 13.5. The molecule has 2 amide bonds. The van der Waals surface area contributed by atoms with Crippen LogP contribution in [-0.2, 0) is 12.7 Å². The molecule has 0 unspecified atom stereocenters. The first-order valence-electron chi connectivity index (χ1n) is 10.5. The van der Waals surface area contributed by atoms with Crippen molar-refractivity contribution in [1.29, 1.82) is 0 Å². The van der Waals surface area contributed by atoms with Gasteiger partial charge in [-0.2, -0.15) is 18.3 Å². The number of ether oxygens (including phenoxy) is 1. The smallest absolute Gasteiger partial charge is 0.419 e. The molecule has 0 aliphatic heterocycles. The predicted molar refractivity (Wildman–Crippen MR) is 122 cm³/mol. The molecule has 0 bridgehead atoms. The van der Waals surface area contributed by atoms with E-state index in [-0.39, 0.29) is 35.2 Å². The lowest BCUT2D eigenvalue weighted by molar-refractivity contribution is -0.140. The number of fused-ring (bicyclic) bond motifs is 1. The van der Waals surface area contributed by atoms with Crippen LogP contribution in [0.15, 0.2) is 48.7 Å². The van der Waals surface area contributed by atoms with Gasteiger partial charge in [-0.3, -0.25) is 14.7 Å². The van der Waals surface area contributed by atoms with Crippen LogP contribution in [0, 0.1) is 5.82 Å². The Morgan fingerprint density at radius 2 is 1.83 bits per heavy atom. The average molecular weight is 501 g/mol. The molecule has 36 heavy (non-hydrogen) atoms. The molecule has 0 fully saturated rings. The summed E-state index contributed by atoms with van der Waals surface area (Å²) in [5, 5.41) is 12.4. The van der Waals surface area contributed by atoms with E-state index in [1.54, 1.807) is 18.2 Å². The van der Waals surface area contributed by atoms with Crippen molar-refractivity contribution in [2.75, 3.05) is 14.2 Å². The van der Waals surface area contributed by atoms with E-state index in [1.807, 2.05) is 0 Å². The molecule has 0 atom stereocenters. The highest BCUT2D eigenvalue weighted by Gasteiger charge is 2.34. The number of aromatic nitrogens is 3. The van der Waals surface area contributed by atoms with Gasteiger partial charge in [-0.15, -0.1) is 0 Å². The van der Waals surface area contributed by atoms with Gasteiger partial charge in [0, 0.05) is 30.7 Å². The van der Waals surface area contributed by atoms with Gasteiger partial charge in [-0.05, 0) is 41.5 Å². The van der Waals surface area contributed by atoms with Crippen LogP contribution in [0.5, 0.6) is 5.88 Å². The zero-order chi connectivity index (χ0) is 26.0. The highest BCUT2D eigenvalue weighted by molar-refractivity contribution is 6.05. The monoisotopic (exact) mass is 501 g/mol. The second-order valence-electron chi connectivity index (χ2n) is 7.69. The number of hydrogen-bond acceptors (Lipinski definition) is 5. The zero-order valence-electron chi connectivity index (χ0n) is 19.0. The van der Waals surface area contributed by atoms with Crippen LogP contribution >= 0.6 is 0 Å². The number of rotatable bonds is 6. The second-order valence-corrected chi connectivity index (χ2v) is 7.69. The topological polar surface area (TPSA) is 109 Å². The summed E-state index contributed by atoms with van der Waals surface area (Å²) in [7, 11) is 2.82. The van der Waals surface area contributed by atoms with Crippen LogP contribution in [-0.4, -0.2) is 41.2 Å². The average Bonchev–Trinajstić information content (AvgIpc) is 3.29.